The second-order valence-electron chi connectivity index (χ2n) is 25.9. The molecule has 0 aromatic heterocycles. The van der Waals surface area contributed by atoms with Crippen molar-refractivity contribution in [1.29, 1.82) is 0 Å². The van der Waals surface area contributed by atoms with E-state index in [4.69, 9.17) is 37.0 Å². The molecule has 17 nitrogen and oxygen atoms in total. The highest BCUT2D eigenvalue weighted by Gasteiger charge is 2.30. The van der Waals surface area contributed by atoms with Crippen molar-refractivity contribution in [2.24, 2.45) is 0 Å². The highest BCUT2D eigenvalue weighted by atomic mass is 31.2. The summed E-state index contributed by atoms with van der Waals surface area (Å²) in [6, 6.07) is 0. The Morgan fingerprint density at radius 2 is 0.509 bits per heavy atom. The number of hydrogen-bond acceptors (Lipinski definition) is 15. The largest absolute Gasteiger partial charge is 0.472 e. The number of hydrogen-bond donors (Lipinski definition) is 3. The van der Waals surface area contributed by atoms with Crippen molar-refractivity contribution in [1.82, 2.24) is 0 Å². The first-order valence-corrected chi connectivity index (χ1v) is 43.0. The highest BCUT2D eigenvalue weighted by Crippen LogP contribution is 2.45. The molecule has 0 amide bonds. The van der Waals surface area contributed by atoms with Crippen molar-refractivity contribution in [3.63, 3.8) is 0 Å². The van der Waals surface area contributed by atoms with Crippen LogP contribution in [0, 0.1) is 0 Å². The van der Waals surface area contributed by atoms with Crippen molar-refractivity contribution < 1.29 is 80.2 Å². The smallest absolute Gasteiger partial charge is 0.462 e. The van der Waals surface area contributed by atoms with Crippen LogP contribution in [0.5, 0.6) is 0 Å². The Labute approximate surface area is 641 Å². The van der Waals surface area contributed by atoms with Gasteiger partial charge in [0.15, 0.2) is 12.2 Å². The van der Waals surface area contributed by atoms with Crippen LogP contribution in [-0.4, -0.2) is 96.7 Å². The molecule has 600 valence electrons. The molecule has 0 bridgehead atoms. The summed E-state index contributed by atoms with van der Waals surface area (Å²) in [5, 5.41) is 10.6. The maximum Gasteiger partial charge on any atom is 0.472 e. The number of carbonyl (C=O) groups is 4. The van der Waals surface area contributed by atoms with Crippen LogP contribution in [0.3, 0.4) is 0 Å². The summed E-state index contributed by atoms with van der Waals surface area (Å²) in [5.74, 6) is -2.38. The van der Waals surface area contributed by atoms with E-state index in [1.54, 1.807) is 0 Å². The number of allylic oxidation sites excluding steroid dienone is 30. The zero-order valence-electron chi connectivity index (χ0n) is 65.5. The molecule has 0 radical (unpaired) electrons. The lowest BCUT2D eigenvalue weighted by Gasteiger charge is -2.21. The van der Waals surface area contributed by atoms with Crippen LogP contribution < -0.4 is 0 Å². The normalized spacial score (nSPS) is 14.8. The van der Waals surface area contributed by atoms with Crippen molar-refractivity contribution in [3.8, 4) is 0 Å². The number of aliphatic hydroxyl groups is 1. The number of unbranched alkanes of at least 4 members (excludes halogenated alkanes) is 17. The first-order valence-electron chi connectivity index (χ1n) is 40.0. The van der Waals surface area contributed by atoms with Gasteiger partial charge in [-0.25, -0.2) is 9.13 Å². The minimum Gasteiger partial charge on any atom is -0.462 e. The van der Waals surface area contributed by atoms with E-state index in [0.717, 1.165) is 161 Å². The Bertz CT molecular complexity index is 2730. The van der Waals surface area contributed by atoms with Crippen molar-refractivity contribution in [2.75, 3.05) is 39.6 Å². The topological polar surface area (TPSA) is 237 Å². The van der Waals surface area contributed by atoms with E-state index in [9.17, 15) is 43.2 Å². The molecule has 19 heteroatoms. The number of phosphoric acid groups is 2. The van der Waals surface area contributed by atoms with Gasteiger partial charge in [-0.3, -0.25) is 37.3 Å². The molecule has 5 atom stereocenters. The van der Waals surface area contributed by atoms with E-state index in [1.165, 1.54) is 38.5 Å². The molecular formula is C87H140O17P2. The Morgan fingerprint density at radius 1 is 0.274 bits per heavy atom. The number of ether oxygens (including phenoxy) is 4. The molecule has 0 aromatic rings. The maximum atomic E-state index is 13.1. The third-order valence-corrected chi connectivity index (χ3v) is 17.7. The Balaban J connectivity index is 5.52. The van der Waals surface area contributed by atoms with Gasteiger partial charge in [0, 0.05) is 25.7 Å². The summed E-state index contributed by atoms with van der Waals surface area (Å²) < 4.78 is 68.5. The van der Waals surface area contributed by atoms with Gasteiger partial charge >= 0.3 is 39.5 Å². The number of aliphatic hydroxyl groups excluding tert-OH is 1. The van der Waals surface area contributed by atoms with E-state index in [2.05, 4.69) is 192 Å². The van der Waals surface area contributed by atoms with Gasteiger partial charge in [0.1, 0.15) is 19.3 Å². The minimum absolute atomic E-state index is 0.0223. The van der Waals surface area contributed by atoms with Crippen LogP contribution in [0.15, 0.2) is 182 Å². The molecule has 0 saturated heterocycles. The Morgan fingerprint density at radius 3 is 0.830 bits per heavy atom. The summed E-state index contributed by atoms with van der Waals surface area (Å²) in [5.41, 5.74) is 0. The molecule has 0 saturated carbocycles. The molecule has 0 aliphatic rings. The van der Waals surface area contributed by atoms with E-state index in [-0.39, 0.29) is 25.7 Å². The molecule has 3 N–H and O–H groups in total. The van der Waals surface area contributed by atoms with E-state index >= 15 is 0 Å². The van der Waals surface area contributed by atoms with Gasteiger partial charge in [0.05, 0.1) is 26.4 Å². The van der Waals surface area contributed by atoms with Crippen LogP contribution in [-0.2, 0) is 65.4 Å². The van der Waals surface area contributed by atoms with Crippen LogP contribution in [0.1, 0.15) is 285 Å². The number of phosphoric ester groups is 2. The van der Waals surface area contributed by atoms with Gasteiger partial charge in [-0.15, -0.1) is 0 Å². The molecule has 0 aromatic carbocycles. The predicted octanol–water partition coefficient (Wildman–Crippen LogP) is 23.6. The molecule has 0 heterocycles. The molecule has 0 fully saturated rings. The van der Waals surface area contributed by atoms with Crippen LogP contribution in [0.25, 0.3) is 0 Å². The standard InChI is InChI=1S/C87H140O17P2/c1-5-9-13-17-21-25-29-33-37-39-40-42-45-48-52-56-60-64-68-72-85(90)98-78-83(104-87(92)74-70-66-62-58-54-50-46-41-38-34-30-26-22-18-14-10-6-2)80-102-106(95,96)100-76-81(88)75-99-105(93,94)101-79-82(103-86(91)73-69-65-61-57-53-49-44-36-32-28-24-20-16-12-8-4)77-97-84(89)71-67-63-59-55-51-47-43-35-31-27-23-19-15-11-7-3/h9-10,13-14,21-28,33-38,40,42-44,46,48,50-52,55,60,64,81-83,88H,5-8,11-12,15-20,29-32,39,41,45,47,49,53-54,56-59,61-63,65-80H2,1-4H3,(H,93,94)(H,95,96). The number of carbonyl (C=O) groups excluding carboxylic acids is 4. The molecule has 0 aliphatic heterocycles. The van der Waals surface area contributed by atoms with Crippen molar-refractivity contribution >= 4 is 39.5 Å². The average Bonchev–Trinajstić information content (AvgIpc) is 0.902. The maximum absolute atomic E-state index is 13.1. The number of rotatable bonds is 73. The molecule has 0 spiro atoms. The predicted molar refractivity (Wildman–Crippen MR) is 436 cm³/mol. The van der Waals surface area contributed by atoms with Gasteiger partial charge in [0.25, 0.3) is 0 Å². The number of esters is 4. The van der Waals surface area contributed by atoms with Gasteiger partial charge in [0.2, 0.25) is 0 Å². The van der Waals surface area contributed by atoms with Crippen molar-refractivity contribution in [3.05, 3.63) is 182 Å². The third kappa shape index (κ3) is 76.4. The lowest BCUT2D eigenvalue weighted by Crippen LogP contribution is -2.30. The fourth-order valence-electron chi connectivity index (χ4n) is 9.80. The van der Waals surface area contributed by atoms with Crippen LogP contribution >= 0.6 is 15.6 Å². The lowest BCUT2D eigenvalue weighted by atomic mass is 10.1. The average molecular weight is 1520 g/mol. The second-order valence-corrected chi connectivity index (χ2v) is 28.8. The zero-order chi connectivity index (χ0) is 77.4. The van der Waals surface area contributed by atoms with Gasteiger partial charge in [-0.1, -0.05) is 268 Å². The van der Waals surface area contributed by atoms with Crippen molar-refractivity contribution in [2.45, 2.75) is 303 Å². The van der Waals surface area contributed by atoms with E-state index in [0.29, 0.717) is 32.1 Å². The lowest BCUT2D eigenvalue weighted by molar-refractivity contribution is -0.161. The summed E-state index contributed by atoms with van der Waals surface area (Å²) in [4.78, 5) is 73.0. The molecular weight excluding hydrogens is 1380 g/mol. The van der Waals surface area contributed by atoms with Gasteiger partial charge in [-0.2, -0.15) is 0 Å². The first-order chi connectivity index (χ1) is 51.7. The Hall–Kier alpha value is -5.84. The monoisotopic (exact) mass is 1520 g/mol. The van der Waals surface area contributed by atoms with Crippen LogP contribution in [0.2, 0.25) is 0 Å². The Kier molecular flexibility index (Phi) is 73.1. The molecule has 106 heavy (non-hydrogen) atoms. The molecule has 0 rings (SSSR count). The second kappa shape index (κ2) is 77.3. The highest BCUT2D eigenvalue weighted by molar-refractivity contribution is 7.47. The summed E-state index contributed by atoms with van der Waals surface area (Å²) in [7, 11) is -10.0. The van der Waals surface area contributed by atoms with Gasteiger partial charge in [-0.05, 0) is 173 Å². The first kappa shape index (κ1) is 100. The van der Waals surface area contributed by atoms with Gasteiger partial charge < -0.3 is 33.8 Å². The molecule has 0 aliphatic carbocycles. The summed E-state index contributed by atoms with van der Waals surface area (Å²) in [6.45, 7) is 4.40. The zero-order valence-corrected chi connectivity index (χ0v) is 67.3. The van der Waals surface area contributed by atoms with Crippen LogP contribution in [0.4, 0.5) is 0 Å². The minimum atomic E-state index is -5.01. The fourth-order valence-corrected chi connectivity index (χ4v) is 11.4. The SMILES string of the molecule is CCC=CCC=CCC=CCC=CCC=CCC=CCCC(=O)OCC(COP(=O)(O)OCC(O)COP(=O)(O)OCC(COC(=O)CCCCC=CCC=CCC=CCCCCC)OC(=O)CCCCCCCC=CCC=CCCCCC)OC(=O)CCCCCCC=CCC=CCC=CCC=CCC. The summed E-state index contributed by atoms with van der Waals surface area (Å²) in [6.07, 6.45) is 93.1. The van der Waals surface area contributed by atoms with E-state index < -0.39 is 97.5 Å². The molecule has 5 unspecified atom stereocenters. The fraction of sp³-hybridized carbons (Fsp3) is 0.609. The summed E-state index contributed by atoms with van der Waals surface area (Å²) >= 11 is 0. The van der Waals surface area contributed by atoms with E-state index in [1.807, 2.05) is 18.2 Å². The quantitative estimate of drug-likeness (QED) is 0.0169. The third-order valence-electron chi connectivity index (χ3n) is 15.8.